The third-order valence-corrected chi connectivity index (χ3v) is 6.08. The lowest BCUT2D eigenvalue weighted by molar-refractivity contribution is -0.116. The molecule has 2 aliphatic rings. The number of carbonyl (C=O) groups excluding carboxylic acids is 2. The normalized spacial score (nSPS) is 17.2. The van der Waals surface area contributed by atoms with Gasteiger partial charge in [0.15, 0.2) is 0 Å². The van der Waals surface area contributed by atoms with Crippen LogP contribution in [0.5, 0.6) is 5.75 Å². The highest BCUT2D eigenvalue weighted by molar-refractivity contribution is 6.30. The minimum Gasteiger partial charge on any atom is -0.490 e. The number of fused-ring (bicyclic) bond motifs is 1. The number of rotatable bonds is 7. The summed E-state index contributed by atoms with van der Waals surface area (Å²) in [4.78, 5) is 27.6. The van der Waals surface area contributed by atoms with Crippen molar-refractivity contribution in [3.05, 3.63) is 47.0 Å². The second-order valence-corrected chi connectivity index (χ2v) is 8.67. The Morgan fingerprint density at radius 1 is 1.21 bits per heavy atom. The maximum Gasteiger partial charge on any atom is 0.316 e. The van der Waals surface area contributed by atoms with E-state index in [1.54, 1.807) is 12.1 Å². The summed E-state index contributed by atoms with van der Waals surface area (Å²) in [6.07, 6.45) is 0.134. The van der Waals surface area contributed by atoms with Gasteiger partial charge in [0.05, 0.1) is 11.4 Å². The Balaban J connectivity index is 1.31. The molecule has 1 fully saturated rings. The van der Waals surface area contributed by atoms with Crippen molar-refractivity contribution in [2.24, 2.45) is 5.73 Å². The number of amides is 3. The van der Waals surface area contributed by atoms with Gasteiger partial charge in [-0.15, -0.1) is 0 Å². The number of nitrogens with one attached hydrogen (secondary N) is 2. The lowest BCUT2D eigenvalue weighted by Gasteiger charge is -2.37. The highest BCUT2D eigenvalue weighted by atomic mass is 35.5. The molecule has 33 heavy (non-hydrogen) atoms. The fourth-order valence-electron chi connectivity index (χ4n) is 4.23. The molecule has 10 heteroatoms. The molecule has 5 N–H and O–H groups in total. The van der Waals surface area contributed by atoms with Crippen molar-refractivity contribution in [3.8, 4) is 5.75 Å². The average molecular weight is 474 g/mol. The molecule has 1 unspecified atom stereocenters. The maximum absolute atomic E-state index is 11.8. The first-order valence-corrected chi connectivity index (χ1v) is 11.3. The second kappa shape index (κ2) is 10.3. The average Bonchev–Trinajstić information content (AvgIpc) is 2.79. The van der Waals surface area contributed by atoms with E-state index in [9.17, 15) is 14.7 Å². The molecule has 9 nitrogen and oxygen atoms in total. The van der Waals surface area contributed by atoms with E-state index in [2.05, 4.69) is 26.5 Å². The third kappa shape index (κ3) is 5.87. The minimum absolute atomic E-state index is 0.123. The second-order valence-electron chi connectivity index (χ2n) is 8.23. The van der Waals surface area contributed by atoms with E-state index in [4.69, 9.17) is 22.1 Å². The summed E-state index contributed by atoms with van der Waals surface area (Å²) < 4.78 is 5.91. The van der Waals surface area contributed by atoms with Crippen LogP contribution in [-0.2, 0) is 11.2 Å². The van der Waals surface area contributed by atoms with Gasteiger partial charge in [0, 0.05) is 55.4 Å². The summed E-state index contributed by atoms with van der Waals surface area (Å²) in [6, 6.07) is 10.5. The first-order chi connectivity index (χ1) is 15.9. The zero-order valence-electron chi connectivity index (χ0n) is 18.2. The zero-order chi connectivity index (χ0) is 23.4. The molecule has 0 radical (unpaired) electrons. The number of hydrogen-bond donors (Lipinski definition) is 4. The van der Waals surface area contributed by atoms with Gasteiger partial charge >= 0.3 is 6.03 Å². The summed E-state index contributed by atoms with van der Waals surface area (Å²) >= 11 is 6.10. The van der Waals surface area contributed by atoms with E-state index < -0.39 is 12.1 Å². The van der Waals surface area contributed by atoms with Crippen LogP contribution in [0.3, 0.4) is 0 Å². The molecule has 2 aromatic carbocycles. The largest absolute Gasteiger partial charge is 0.490 e. The summed E-state index contributed by atoms with van der Waals surface area (Å²) in [5, 5.41) is 16.6. The van der Waals surface area contributed by atoms with E-state index in [0.29, 0.717) is 36.5 Å². The van der Waals surface area contributed by atoms with Crippen LogP contribution in [0.15, 0.2) is 36.4 Å². The van der Waals surface area contributed by atoms with Gasteiger partial charge in [0.25, 0.3) is 0 Å². The topological polar surface area (TPSA) is 120 Å². The lowest BCUT2D eigenvalue weighted by atomic mass is 10.0. The van der Waals surface area contributed by atoms with Crippen LogP contribution in [0.25, 0.3) is 0 Å². The number of anilines is 3. The SMILES string of the molecule is NC(=O)Nc1ccc(OCC(O)CN2CCN(c3cccc(Cl)c3)CC2)c2c1NC(=O)CC2. The Hall–Kier alpha value is -3.01. The Labute approximate surface area is 197 Å². The van der Waals surface area contributed by atoms with Crippen molar-refractivity contribution in [2.45, 2.75) is 18.9 Å². The molecule has 2 heterocycles. The summed E-state index contributed by atoms with van der Waals surface area (Å²) in [5.74, 6) is 0.439. The molecule has 3 amide bonds. The van der Waals surface area contributed by atoms with Gasteiger partial charge in [-0.2, -0.15) is 0 Å². The van der Waals surface area contributed by atoms with E-state index >= 15 is 0 Å². The van der Waals surface area contributed by atoms with Gasteiger partial charge in [0.2, 0.25) is 5.91 Å². The molecule has 1 saturated heterocycles. The fourth-order valence-corrected chi connectivity index (χ4v) is 4.41. The third-order valence-electron chi connectivity index (χ3n) is 5.84. The summed E-state index contributed by atoms with van der Waals surface area (Å²) in [5.41, 5.74) is 8.04. The van der Waals surface area contributed by atoms with E-state index in [1.807, 2.05) is 18.2 Å². The van der Waals surface area contributed by atoms with E-state index in [1.165, 1.54) is 0 Å². The molecular weight excluding hydrogens is 446 g/mol. The first kappa shape index (κ1) is 23.2. The number of β-amino-alcohol motifs (C(OH)–C–C–N with tert-alkyl or cyclic N) is 1. The molecule has 0 spiro atoms. The van der Waals surface area contributed by atoms with E-state index in [-0.39, 0.29) is 12.5 Å². The molecule has 0 saturated carbocycles. The van der Waals surface area contributed by atoms with Crippen LogP contribution in [0.1, 0.15) is 12.0 Å². The maximum atomic E-state index is 11.8. The summed E-state index contributed by atoms with van der Waals surface area (Å²) in [6.45, 7) is 4.00. The quantitative estimate of drug-likeness (QED) is 0.489. The van der Waals surface area contributed by atoms with Crippen molar-refractivity contribution < 1.29 is 19.4 Å². The molecule has 2 aromatic rings. The Kier molecular flexibility index (Phi) is 7.22. The van der Waals surface area contributed by atoms with Crippen LogP contribution in [-0.4, -0.2) is 67.4 Å². The number of urea groups is 1. The number of aliphatic hydroxyl groups excluding tert-OH is 1. The lowest BCUT2D eigenvalue weighted by Crippen LogP contribution is -2.49. The molecular formula is C23H28ClN5O4. The number of aliphatic hydroxyl groups is 1. The van der Waals surface area contributed by atoms with Gasteiger partial charge < -0.3 is 31.1 Å². The van der Waals surface area contributed by atoms with Gasteiger partial charge in [-0.05, 0) is 36.8 Å². The Morgan fingerprint density at radius 3 is 2.73 bits per heavy atom. The van der Waals surface area contributed by atoms with Gasteiger partial charge in [-0.3, -0.25) is 9.69 Å². The van der Waals surface area contributed by atoms with Gasteiger partial charge in [0.1, 0.15) is 18.5 Å². The van der Waals surface area contributed by atoms with Crippen LogP contribution >= 0.6 is 11.6 Å². The molecule has 0 aliphatic carbocycles. The molecule has 1 atom stereocenters. The van der Waals surface area contributed by atoms with Crippen LogP contribution in [0, 0.1) is 0 Å². The van der Waals surface area contributed by atoms with Crippen molar-refractivity contribution in [3.63, 3.8) is 0 Å². The van der Waals surface area contributed by atoms with Crippen molar-refractivity contribution in [1.82, 2.24) is 4.90 Å². The van der Waals surface area contributed by atoms with Crippen LogP contribution in [0.4, 0.5) is 21.9 Å². The zero-order valence-corrected chi connectivity index (χ0v) is 19.0. The standard InChI is InChI=1S/C23H28ClN5O4/c24-15-2-1-3-16(12-15)29-10-8-28(9-11-29)13-17(30)14-33-20-6-5-19(26-23(25)32)22-18(20)4-7-21(31)27-22/h1-3,5-6,12,17,30H,4,7-11,13-14H2,(H,27,31)(H3,25,26,32). The van der Waals surface area contributed by atoms with Gasteiger partial charge in [-0.25, -0.2) is 4.79 Å². The summed E-state index contributed by atoms with van der Waals surface area (Å²) in [7, 11) is 0. The molecule has 0 aromatic heterocycles. The van der Waals surface area contributed by atoms with Crippen molar-refractivity contribution in [1.29, 1.82) is 0 Å². The predicted octanol–water partition coefficient (Wildman–Crippen LogP) is 2.28. The van der Waals surface area contributed by atoms with Crippen LogP contribution in [0.2, 0.25) is 5.02 Å². The fraction of sp³-hybridized carbons (Fsp3) is 0.391. The van der Waals surface area contributed by atoms with Crippen molar-refractivity contribution in [2.75, 3.05) is 54.9 Å². The Morgan fingerprint density at radius 2 is 2.00 bits per heavy atom. The number of nitrogens with two attached hydrogens (primary N) is 1. The number of nitrogens with zero attached hydrogens (tertiary/aromatic N) is 2. The van der Waals surface area contributed by atoms with Crippen molar-refractivity contribution >= 4 is 40.6 Å². The minimum atomic E-state index is -0.712. The number of halogens is 1. The monoisotopic (exact) mass is 473 g/mol. The number of hydrogen-bond acceptors (Lipinski definition) is 6. The first-order valence-electron chi connectivity index (χ1n) is 10.9. The van der Waals surface area contributed by atoms with Crippen LogP contribution < -0.4 is 26.0 Å². The smallest absolute Gasteiger partial charge is 0.316 e. The number of carbonyl (C=O) groups is 2. The number of ether oxygens (including phenoxy) is 1. The highest BCUT2D eigenvalue weighted by Crippen LogP contribution is 2.37. The van der Waals surface area contributed by atoms with Gasteiger partial charge in [-0.1, -0.05) is 17.7 Å². The molecule has 176 valence electrons. The Bertz CT molecular complexity index is 1030. The number of piperazine rings is 1. The number of benzene rings is 2. The number of primary amides is 1. The highest BCUT2D eigenvalue weighted by Gasteiger charge is 2.24. The molecule has 0 bridgehead atoms. The predicted molar refractivity (Wildman–Crippen MR) is 128 cm³/mol. The molecule has 2 aliphatic heterocycles. The van der Waals surface area contributed by atoms with E-state index in [0.717, 1.165) is 42.5 Å². The molecule has 4 rings (SSSR count).